The summed E-state index contributed by atoms with van der Waals surface area (Å²) >= 11 is 0. The van der Waals surface area contributed by atoms with Crippen LogP contribution in [-0.4, -0.2) is 5.11 Å². The predicted molar refractivity (Wildman–Crippen MR) is 124 cm³/mol. The van der Waals surface area contributed by atoms with Gasteiger partial charge in [0.25, 0.3) is 0 Å². The Morgan fingerprint density at radius 1 is 1.00 bits per heavy atom. The van der Waals surface area contributed by atoms with Crippen molar-refractivity contribution in [3.05, 3.63) is 65.2 Å². The van der Waals surface area contributed by atoms with E-state index in [0.29, 0.717) is 11.2 Å². The van der Waals surface area contributed by atoms with Crippen LogP contribution in [0.3, 0.4) is 0 Å². The third-order valence-electron chi connectivity index (χ3n) is 6.02. The molecule has 0 radical (unpaired) electrons. The number of phenols is 1. The Kier molecular flexibility index (Phi) is 11.0. The number of benzene rings is 2. The standard InChI is InChI=1S/C18H28.C7H8O.C2H6/c1-4-7-17-10-6-12-18(17,3)13-11-16-9-5-8-15(2)14-16;1-6-2-4-7(8)5-3-6;1-2/h5,8-9,14,17H,4,6-7,10-13H2,1-3H3;2-5,8H,1H3;1-2H3. The molecule has 156 valence electrons. The highest BCUT2D eigenvalue weighted by Crippen LogP contribution is 2.48. The number of phenolic OH excluding ortho intramolecular Hbond substituents is 1. The van der Waals surface area contributed by atoms with Crippen LogP contribution in [0.4, 0.5) is 0 Å². The molecular formula is C27H42O. The first-order valence-electron chi connectivity index (χ1n) is 11.2. The van der Waals surface area contributed by atoms with Crippen molar-refractivity contribution < 1.29 is 5.11 Å². The van der Waals surface area contributed by atoms with Gasteiger partial charge in [-0.3, -0.25) is 0 Å². The summed E-state index contributed by atoms with van der Waals surface area (Å²) in [5.74, 6) is 1.31. The molecule has 1 fully saturated rings. The van der Waals surface area contributed by atoms with Gasteiger partial charge in [0.15, 0.2) is 0 Å². The van der Waals surface area contributed by atoms with Crippen LogP contribution in [0, 0.1) is 25.2 Å². The van der Waals surface area contributed by atoms with Crippen molar-refractivity contribution in [2.45, 2.75) is 86.5 Å². The topological polar surface area (TPSA) is 20.2 Å². The van der Waals surface area contributed by atoms with Gasteiger partial charge >= 0.3 is 0 Å². The van der Waals surface area contributed by atoms with Crippen LogP contribution < -0.4 is 0 Å². The minimum atomic E-state index is 0.329. The third kappa shape index (κ3) is 8.09. The molecule has 1 N–H and O–H groups in total. The Hall–Kier alpha value is -1.76. The number of aromatic hydroxyl groups is 1. The molecule has 1 saturated carbocycles. The van der Waals surface area contributed by atoms with Crippen molar-refractivity contribution in [2.75, 3.05) is 0 Å². The lowest BCUT2D eigenvalue weighted by atomic mass is 9.73. The molecule has 2 atom stereocenters. The molecule has 0 aromatic heterocycles. The second-order valence-corrected chi connectivity index (χ2v) is 8.36. The molecule has 1 heteroatoms. The predicted octanol–water partition coefficient (Wildman–Crippen LogP) is 8.26. The Bertz CT molecular complexity index is 637. The van der Waals surface area contributed by atoms with Gasteiger partial charge in [0.2, 0.25) is 0 Å². The normalized spacial score (nSPS) is 20.6. The summed E-state index contributed by atoms with van der Waals surface area (Å²) in [5, 5.41) is 8.76. The maximum Gasteiger partial charge on any atom is 0.115 e. The minimum Gasteiger partial charge on any atom is -0.508 e. The molecule has 0 spiro atoms. The number of hydrogen-bond acceptors (Lipinski definition) is 1. The van der Waals surface area contributed by atoms with Gasteiger partial charge in [0.1, 0.15) is 5.75 Å². The second kappa shape index (κ2) is 12.6. The minimum absolute atomic E-state index is 0.329. The third-order valence-corrected chi connectivity index (χ3v) is 6.02. The van der Waals surface area contributed by atoms with Gasteiger partial charge in [0, 0.05) is 0 Å². The van der Waals surface area contributed by atoms with E-state index in [1.165, 1.54) is 61.6 Å². The Balaban J connectivity index is 0.000000327. The highest BCUT2D eigenvalue weighted by atomic mass is 16.3. The van der Waals surface area contributed by atoms with Crippen LogP contribution in [0.25, 0.3) is 0 Å². The summed E-state index contributed by atoms with van der Waals surface area (Å²) in [7, 11) is 0. The molecule has 1 aliphatic carbocycles. The second-order valence-electron chi connectivity index (χ2n) is 8.36. The SMILES string of the molecule is CC.CCCC1CCCC1(C)CCc1cccc(C)c1.Cc1ccc(O)cc1. The molecule has 2 unspecified atom stereocenters. The van der Waals surface area contributed by atoms with E-state index in [0.717, 1.165) is 5.92 Å². The number of hydrogen-bond donors (Lipinski definition) is 1. The van der Waals surface area contributed by atoms with E-state index in [4.69, 9.17) is 5.11 Å². The van der Waals surface area contributed by atoms with Crippen LogP contribution in [-0.2, 0) is 6.42 Å². The largest absolute Gasteiger partial charge is 0.508 e. The highest BCUT2D eigenvalue weighted by molar-refractivity contribution is 5.24. The molecule has 1 aliphatic rings. The molecule has 0 aliphatic heterocycles. The molecule has 0 bridgehead atoms. The first-order chi connectivity index (χ1) is 13.4. The average Bonchev–Trinajstić information content (AvgIpc) is 3.06. The molecule has 0 saturated heterocycles. The van der Waals surface area contributed by atoms with Gasteiger partial charge in [-0.2, -0.15) is 0 Å². The monoisotopic (exact) mass is 382 g/mol. The van der Waals surface area contributed by atoms with Gasteiger partial charge in [-0.25, -0.2) is 0 Å². The zero-order valence-corrected chi connectivity index (χ0v) is 19.1. The van der Waals surface area contributed by atoms with E-state index in [1.54, 1.807) is 12.1 Å². The maximum absolute atomic E-state index is 8.76. The lowest BCUT2D eigenvalue weighted by Crippen LogP contribution is -2.22. The van der Waals surface area contributed by atoms with Crippen molar-refractivity contribution in [3.8, 4) is 5.75 Å². The molecular weight excluding hydrogens is 340 g/mol. The van der Waals surface area contributed by atoms with Gasteiger partial charge in [0.05, 0.1) is 0 Å². The first-order valence-corrected chi connectivity index (χ1v) is 11.2. The molecule has 0 amide bonds. The van der Waals surface area contributed by atoms with Crippen LogP contribution in [0.15, 0.2) is 48.5 Å². The number of rotatable bonds is 5. The summed E-state index contributed by atoms with van der Waals surface area (Å²) in [6.45, 7) is 13.1. The van der Waals surface area contributed by atoms with E-state index < -0.39 is 0 Å². The fraction of sp³-hybridized carbons (Fsp3) is 0.556. The molecule has 2 aromatic rings. The zero-order chi connectivity index (χ0) is 21.0. The number of aryl methyl sites for hydroxylation is 3. The van der Waals surface area contributed by atoms with Crippen molar-refractivity contribution in [3.63, 3.8) is 0 Å². The highest BCUT2D eigenvalue weighted by Gasteiger charge is 2.37. The lowest BCUT2D eigenvalue weighted by Gasteiger charge is -2.32. The summed E-state index contributed by atoms with van der Waals surface area (Å²) in [5.41, 5.74) is 4.70. The van der Waals surface area contributed by atoms with Gasteiger partial charge < -0.3 is 5.11 Å². The van der Waals surface area contributed by atoms with Gasteiger partial charge in [-0.05, 0) is 68.6 Å². The van der Waals surface area contributed by atoms with Gasteiger partial charge in [-0.1, -0.05) is 94.5 Å². The van der Waals surface area contributed by atoms with Crippen molar-refractivity contribution >= 4 is 0 Å². The first kappa shape index (κ1) is 24.3. The van der Waals surface area contributed by atoms with Crippen molar-refractivity contribution in [1.29, 1.82) is 0 Å². The fourth-order valence-corrected chi connectivity index (χ4v) is 4.32. The van der Waals surface area contributed by atoms with Crippen LogP contribution in [0.1, 0.15) is 82.9 Å². The van der Waals surface area contributed by atoms with E-state index >= 15 is 0 Å². The molecule has 3 rings (SSSR count). The smallest absolute Gasteiger partial charge is 0.115 e. The molecule has 28 heavy (non-hydrogen) atoms. The van der Waals surface area contributed by atoms with E-state index in [9.17, 15) is 0 Å². The lowest BCUT2D eigenvalue weighted by molar-refractivity contribution is 0.197. The quantitative estimate of drug-likeness (QED) is 0.551. The maximum atomic E-state index is 8.76. The summed E-state index contributed by atoms with van der Waals surface area (Å²) < 4.78 is 0. The molecule has 1 nitrogen and oxygen atoms in total. The van der Waals surface area contributed by atoms with Crippen LogP contribution in [0.2, 0.25) is 0 Å². The summed E-state index contributed by atoms with van der Waals surface area (Å²) in [4.78, 5) is 0. The Labute approximate surface area is 174 Å². The molecule has 0 heterocycles. The fourth-order valence-electron chi connectivity index (χ4n) is 4.32. The van der Waals surface area contributed by atoms with E-state index in [2.05, 4.69) is 45.0 Å². The average molecular weight is 383 g/mol. The zero-order valence-electron chi connectivity index (χ0n) is 19.1. The van der Waals surface area contributed by atoms with Gasteiger partial charge in [-0.15, -0.1) is 0 Å². The van der Waals surface area contributed by atoms with Crippen LogP contribution >= 0.6 is 0 Å². The Morgan fingerprint density at radius 3 is 2.25 bits per heavy atom. The van der Waals surface area contributed by atoms with E-state index in [1.807, 2.05) is 32.9 Å². The van der Waals surface area contributed by atoms with Crippen molar-refractivity contribution in [1.82, 2.24) is 0 Å². The Morgan fingerprint density at radius 2 is 1.68 bits per heavy atom. The molecule has 2 aromatic carbocycles. The summed E-state index contributed by atoms with van der Waals surface area (Å²) in [6, 6.07) is 16.1. The van der Waals surface area contributed by atoms with E-state index in [-0.39, 0.29) is 0 Å². The van der Waals surface area contributed by atoms with Crippen LogP contribution in [0.5, 0.6) is 5.75 Å². The van der Waals surface area contributed by atoms with Crippen molar-refractivity contribution in [2.24, 2.45) is 11.3 Å². The summed E-state index contributed by atoms with van der Waals surface area (Å²) in [6.07, 6.45) is 9.80.